The maximum atomic E-state index is 11.4. The normalized spacial score (nSPS) is 19.2. The first-order valence-electron chi connectivity index (χ1n) is 13.0. The number of H-pyrrole nitrogens is 1. The number of rotatable bonds is 5. The number of hydrogen-bond donors (Lipinski definition) is 3. The lowest BCUT2D eigenvalue weighted by Gasteiger charge is -2.37. The zero-order valence-electron chi connectivity index (χ0n) is 21.7. The third-order valence-corrected chi connectivity index (χ3v) is 6.84. The van der Waals surface area contributed by atoms with Crippen LogP contribution in [0.2, 0.25) is 0 Å². The van der Waals surface area contributed by atoms with E-state index in [0.29, 0.717) is 12.1 Å². The van der Waals surface area contributed by atoms with Gasteiger partial charge in [0.2, 0.25) is 5.91 Å². The Balaban J connectivity index is 0.000000171. The topological polar surface area (TPSA) is 82.3 Å². The molecule has 1 amide bonds. The summed E-state index contributed by atoms with van der Waals surface area (Å²) in [5, 5.41) is 15.2. The molecule has 3 N–H and O–H groups in total. The number of anilines is 2. The number of piperazine rings is 1. The molecular weight excluding hydrogens is 462 g/mol. The molecule has 1 aromatic heterocycles. The van der Waals surface area contributed by atoms with E-state index in [1.807, 2.05) is 30.3 Å². The van der Waals surface area contributed by atoms with Gasteiger partial charge in [0, 0.05) is 53.4 Å². The molecule has 4 aromatic rings. The van der Waals surface area contributed by atoms with E-state index in [1.54, 1.807) is 7.11 Å². The Kier molecular flexibility index (Phi) is 7.42. The number of para-hydroxylation sites is 1. The lowest BCUT2D eigenvalue weighted by Crippen LogP contribution is -2.54. The molecule has 2 atom stereocenters. The summed E-state index contributed by atoms with van der Waals surface area (Å²) in [6.07, 6.45) is 2.06. The predicted molar refractivity (Wildman–Crippen MR) is 150 cm³/mol. The van der Waals surface area contributed by atoms with Gasteiger partial charge in [0.15, 0.2) is 0 Å². The summed E-state index contributed by atoms with van der Waals surface area (Å²) in [7, 11) is 1.62. The Bertz CT molecular complexity index is 1320. The number of hydrogen-bond acceptors (Lipinski definition) is 5. The highest BCUT2D eigenvalue weighted by molar-refractivity contribution is 5.94. The summed E-state index contributed by atoms with van der Waals surface area (Å²) in [4.78, 5) is 13.8. The number of nitrogens with one attached hydrogen (secondary N) is 3. The van der Waals surface area contributed by atoms with E-state index in [9.17, 15) is 4.79 Å². The van der Waals surface area contributed by atoms with Crippen LogP contribution < -0.4 is 20.3 Å². The number of aromatic nitrogens is 2. The zero-order valence-corrected chi connectivity index (χ0v) is 21.7. The van der Waals surface area contributed by atoms with Crippen molar-refractivity contribution in [1.82, 2.24) is 15.5 Å². The van der Waals surface area contributed by atoms with Crippen molar-refractivity contribution >= 4 is 28.2 Å². The van der Waals surface area contributed by atoms with Crippen molar-refractivity contribution in [3.8, 4) is 17.0 Å². The third kappa shape index (κ3) is 6.12. The average Bonchev–Trinajstić information content (AvgIpc) is 3.68. The summed E-state index contributed by atoms with van der Waals surface area (Å²) in [6.45, 7) is 6.59. The molecule has 6 rings (SSSR count). The Morgan fingerprint density at radius 2 is 1.62 bits per heavy atom. The highest BCUT2D eigenvalue weighted by Gasteiger charge is 2.29. The standard InChI is InChI=1S/C19H22N4.C11H13NO2/c1-13-11-23(12-14(2)20-13)16-9-7-15(8-10-16)19-17-5-3-4-6-18(17)21-22-19;1-14-10-6-4-9(5-7-10)12-11(13)8-2-3-8/h3-10,13-14,20H,11-12H2,1-2H3,(H,21,22);4-8H,2-3H2,1H3,(H,12,13). The molecular formula is C30H35N5O2. The van der Waals surface area contributed by atoms with Crippen LogP contribution >= 0.6 is 0 Å². The predicted octanol–water partition coefficient (Wildman–Crippen LogP) is 5.46. The number of nitrogens with zero attached hydrogens (tertiary/aromatic N) is 2. The molecule has 0 bridgehead atoms. The van der Waals surface area contributed by atoms with Crippen molar-refractivity contribution in [3.05, 3.63) is 72.8 Å². The van der Waals surface area contributed by atoms with Crippen molar-refractivity contribution in [1.29, 1.82) is 0 Å². The van der Waals surface area contributed by atoms with Crippen LogP contribution in [0.4, 0.5) is 11.4 Å². The number of methoxy groups -OCH3 is 1. The van der Waals surface area contributed by atoms with Gasteiger partial charge in [-0.1, -0.05) is 30.3 Å². The zero-order chi connectivity index (χ0) is 25.8. The van der Waals surface area contributed by atoms with Crippen molar-refractivity contribution in [2.75, 3.05) is 30.4 Å². The number of carbonyl (C=O) groups is 1. The average molecular weight is 498 g/mol. The molecule has 1 aliphatic carbocycles. The SMILES string of the molecule is CC1CN(c2ccc(-c3n[nH]c4ccccc34)cc2)CC(C)N1.COc1ccc(NC(=O)C2CC2)cc1. The molecule has 0 spiro atoms. The summed E-state index contributed by atoms with van der Waals surface area (Å²) >= 11 is 0. The second-order valence-electron chi connectivity index (χ2n) is 10.0. The van der Waals surface area contributed by atoms with Crippen LogP contribution in [0.15, 0.2) is 72.8 Å². The molecule has 0 radical (unpaired) electrons. The van der Waals surface area contributed by atoms with Gasteiger partial charge < -0.3 is 20.3 Å². The monoisotopic (exact) mass is 497 g/mol. The highest BCUT2D eigenvalue weighted by Crippen LogP contribution is 2.30. The van der Waals surface area contributed by atoms with E-state index in [2.05, 4.69) is 82.0 Å². The van der Waals surface area contributed by atoms with Crippen molar-refractivity contribution in [2.45, 2.75) is 38.8 Å². The molecule has 2 aliphatic rings. The third-order valence-electron chi connectivity index (χ3n) is 6.84. The Labute approximate surface area is 218 Å². The maximum Gasteiger partial charge on any atom is 0.227 e. The fourth-order valence-corrected chi connectivity index (χ4v) is 4.82. The van der Waals surface area contributed by atoms with Crippen LogP contribution in [0.5, 0.6) is 5.75 Å². The summed E-state index contributed by atoms with van der Waals surface area (Å²) in [5.41, 5.74) is 5.38. The van der Waals surface area contributed by atoms with Crippen LogP contribution in [-0.2, 0) is 4.79 Å². The van der Waals surface area contributed by atoms with Gasteiger partial charge in [-0.2, -0.15) is 5.10 Å². The number of ether oxygens (including phenoxy) is 1. The summed E-state index contributed by atoms with van der Waals surface area (Å²) in [6, 6.07) is 25.4. The van der Waals surface area contributed by atoms with Gasteiger partial charge in [-0.15, -0.1) is 0 Å². The summed E-state index contributed by atoms with van der Waals surface area (Å²) < 4.78 is 5.02. The van der Waals surface area contributed by atoms with Crippen LogP contribution in [0.25, 0.3) is 22.2 Å². The molecule has 37 heavy (non-hydrogen) atoms. The van der Waals surface area contributed by atoms with Crippen LogP contribution in [0.1, 0.15) is 26.7 Å². The molecule has 7 nitrogen and oxygen atoms in total. The number of carbonyl (C=O) groups excluding carboxylic acids is 1. The quantitative estimate of drug-likeness (QED) is 0.341. The van der Waals surface area contributed by atoms with Gasteiger partial charge in [-0.05, 0) is 69.2 Å². The molecule has 2 heterocycles. The first-order valence-corrected chi connectivity index (χ1v) is 13.0. The van der Waals surface area contributed by atoms with Crippen molar-refractivity contribution in [3.63, 3.8) is 0 Å². The molecule has 2 fully saturated rings. The lowest BCUT2D eigenvalue weighted by molar-refractivity contribution is -0.117. The first kappa shape index (κ1) is 24.8. The van der Waals surface area contributed by atoms with E-state index >= 15 is 0 Å². The van der Waals surface area contributed by atoms with Crippen molar-refractivity contribution < 1.29 is 9.53 Å². The van der Waals surface area contributed by atoms with Gasteiger partial charge in [0.05, 0.1) is 18.3 Å². The van der Waals surface area contributed by atoms with Gasteiger partial charge in [0.1, 0.15) is 5.75 Å². The minimum absolute atomic E-state index is 0.134. The number of aromatic amines is 1. The highest BCUT2D eigenvalue weighted by atomic mass is 16.5. The Morgan fingerprint density at radius 3 is 2.27 bits per heavy atom. The van der Waals surface area contributed by atoms with Gasteiger partial charge in [-0.3, -0.25) is 9.89 Å². The maximum absolute atomic E-state index is 11.4. The number of fused-ring (bicyclic) bond motifs is 1. The smallest absolute Gasteiger partial charge is 0.227 e. The Morgan fingerprint density at radius 1 is 0.946 bits per heavy atom. The largest absolute Gasteiger partial charge is 0.497 e. The van der Waals surface area contributed by atoms with Gasteiger partial charge >= 0.3 is 0 Å². The fraction of sp³-hybridized carbons (Fsp3) is 0.333. The molecule has 1 saturated carbocycles. The molecule has 1 saturated heterocycles. The minimum Gasteiger partial charge on any atom is -0.497 e. The van der Waals surface area contributed by atoms with Crippen LogP contribution in [0, 0.1) is 5.92 Å². The van der Waals surface area contributed by atoms with E-state index in [1.165, 1.54) is 11.1 Å². The summed E-state index contributed by atoms with van der Waals surface area (Å²) in [5.74, 6) is 1.18. The van der Waals surface area contributed by atoms with Crippen LogP contribution in [-0.4, -0.2) is 48.4 Å². The number of amides is 1. The second-order valence-corrected chi connectivity index (χ2v) is 10.0. The van der Waals surface area contributed by atoms with Gasteiger partial charge in [0.25, 0.3) is 0 Å². The molecule has 2 unspecified atom stereocenters. The van der Waals surface area contributed by atoms with Crippen LogP contribution in [0.3, 0.4) is 0 Å². The minimum atomic E-state index is 0.134. The van der Waals surface area contributed by atoms with E-state index in [4.69, 9.17) is 4.74 Å². The molecule has 1 aliphatic heterocycles. The second kappa shape index (κ2) is 11.0. The first-order chi connectivity index (χ1) is 18.0. The molecule has 3 aromatic carbocycles. The molecule has 7 heteroatoms. The van der Waals surface area contributed by atoms with E-state index < -0.39 is 0 Å². The fourth-order valence-electron chi connectivity index (χ4n) is 4.82. The number of benzene rings is 3. The van der Waals surface area contributed by atoms with Crippen molar-refractivity contribution in [2.24, 2.45) is 5.92 Å². The van der Waals surface area contributed by atoms with Gasteiger partial charge in [-0.25, -0.2) is 0 Å². The molecule has 192 valence electrons. The lowest BCUT2D eigenvalue weighted by atomic mass is 10.1. The van der Waals surface area contributed by atoms with E-state index in [-0.39, 0.29) is 11.8 Å². The Hall–Kier alpha value is -3.84. The van der Waals surface area contributed by atoms with E-state index in [0.717, 1.165) is 54.1 Å².